The van der Waals surface area contributed by atoms with Crippen LogP contribution in [0.4, 0.5) is 17.6 Å². The van der Waals surface area contributed by atoms with Crippen molar-refractivity contribution in [1.82, 2.24) is 9.55 Å². The molecule has 0 amide bonds. The van der Waals surface area contributed by atoms with Crippen molar-refractivity contribution in [1.29, 1.82) is 5.26 Å². The minimum Gasteiger partial charge on any atom is -0.339 e. The van der Waals surface area contributed by atoms with Crippen LogP contribution in [0.5, 0.6) is 0 Å². The van der Waals surface area contributed by atoms with Gasteiger partial charge in [0.1, 0.15) is 6.07 Å². The van der Waals surface area contributed by atoms with Crippen LogP contribution in [0.3, 0.4) is 0 Å². The first-order valence-electron chi connectivity index (χ1n) is 6.46. The Morgan fingerprint density at radius 3 is 2.73 bits per heavy atom. The van der Waals surface area contributed by atoms with Crippen LogP contribution in [0.15, 0.2) is 24.4 Å². The van der Waals surface area contributed by atoms with Gasteiger partial charge in [-0.05, 0) is 24.6 Å². The van der Waals surface area contributed by atoms with Gasteiger partial charge in [-0.15, -0.1) is 0 Å². The Balaban J connectivity index is 2.44. The first-order chi connectivity index (χ1) is 10.4. The van der Waals surface area contributed by atoms with Gasteiger partial charge in [-0.2, -0.15) is 22.8 Å². The molecule has 0 aliphatic carbocycles. The number of allylic oxidation sites excluding steroid dienone is 1. The Hall–Kier alpha value is -2.62. The lowest BCUT2D eigenvalue weighted by molar-refractivity contribution is -0.137. The molecule has 3 rings (SSSR count). The molecule has 0 N–H and O–H groups in total. The number of nitriles is 1. The van der Waals surface area contributed by atoms with E-state index in [-0.39, 0.29) is 23.5 Å². The predicted molar refractivity (Wildman–Crippen MR) is 71.0 cm³/mol. The second-order valence-corrected chi connectivity index (χ2v) is 4.78. The van der Waals surface area contributed by atoms with Crippen molar-refractivity contribution in [3.05, 3.63) is 47.2 Å². The molecule has 112 valence electrons. The van der Waals surface area contributed by atoms with Crippen molar-refractivity contribution >= 4 is 6.08 Å². The molecular weight excluding hydrogens is 298 g/mol. The van der Waals surface area contributed by atoms with E-state index in [1.54, 1.807) is 12.1 Å². The maximum absolute atomic E-state index is 13.9. The van der Waals surface area contributed by atoms with Gasteiger partial charge in [0.2, 0.25) is 5.95 Å². The zero-order valence-corrected chi connectivity index (χ0v) is 11.2. The van der Waals surface area contributed by atoms with Gasteiger partial charge in [-0.3, -0.25) is 0 Å². The third-order valence-corrected chi connectivity index (χ3v) is 3.51. The summed E-state index contributed by atoms with van der Waals surface area (Å²) in [5, 5.41) is 9.16. The van der Waals surface area contributed by atoms with Crippen LogP contribution < -0.4 is 0 Å². The van der Waals surface area contributed by atoms with E-state index < -0.39 is 23.3 Å². The molecule has 0 aromatic carbocycles. The van der Waals surface area contributed by atoms with Crippen molar-refractivity contribution in [2.75, 3.05) is 0 Å². The van der Waals surface area contributed by atoms with Gasteiger partial charge in [0.05, 0.1) is 28.1 Å². The van der Waals surface area contributed by atoms with Crippen LogP contribution in [-0.2, 0) is 12.7 Å². The molecule has 0 fully saturated rings. The summed E-state index contributed by atoms with van der Waals surface area (Å²) in [6, 6.07) is 4.21. The summed E-state index contributed by atoms with van der Waals surface area (Å²) in [4.78, 5) is 3.41. The molecule has 0 atom stereocenters. The quantitative estimate of drug-likeness (QED) is 0.590. The number of fused-ring (bicyclic) bond motifs is 1. The Morgan fingerprint density at radius 2 is 2.09 bits per heavy atom. The SMILES string of the molecule is N#Cc1c(C(F)(F)F)c(-c2cccnc2F)n2c1C=CCC2. The lowest BCUT2D eigenvalue weighted by Gasteiger charge is -2.15. The summed E-state index contributed by atoms with van der Waals surface area (Å²) >= 11 is 0. The van der Waals surface area contributed by atoms with Crippen LogP contribution >= 0.6 is 0 Å². The fourth-order valence-corrected chi connectivity index (χ4v) is 2.67. The highest BCUT2D eigenvalue weighted by atomic mass is 19.4. The Labute approximate surface area is 123 Å². The van der Waals surface area contributed by atoms with Gasteiger partial charge in [-0.1, -0.05) is 6.08 Å². The second-order valence-electron chi connectivity index (χ2n) is 4.78. The van der Waals surface area contributed by atoms with Crippen LogP contribution in [0.25, 0.3) is 17.3 Å². The van der Waals surface area contributed by atoms with Crippen molar-refractivity contribution in [2.45, 2.75) is 19.1 Å². The molecule has 1 aliphatic rings. The summed E-state index contributed by atoms with van der Waals surface area (Å²) in [6.45, 7) is 0.250. The summed E-state index contributed by atoms with van der Waals surface area (Å²) < 4.78 is 55.7. The lowest BCUT2D eigenvalue weighted by atomic mass is 10.0. The molecule has 0 unspecified atom stereocenters. The molecule has 0 saturated heterocycles. The maximum Gasteiger partial charge on any atom is 0.419 e. The number of alkyl halides is 3. The zero-order valence-electron chi connectivity index (χ0n) is 11.2. The molecule has 3 heterocycles. The standard InChI is InChI=1S/C15H9F4N3/c16-14-9(4-3-6-21-14)13-12(15(17,18)19)10(8-20)11-5-1-2-7-22(11)13/h1,3-6H,2,7H2. The Bertz CT molecular complexity index is 809. The van der Waals surface area contributed by atoms with E-state index in [1.165, 1.54) is 22.8 Å². The Morgan fingerprint density at radius 1 is 1.32 bits per heavy atom. The fourth-order valence-electron chi connectivity index (χ4n) is 2.67. The molecule has 0 radical (unpaired) electrons. The number of hydrogen-bond donors (Lipinski definition) is 0. The highest BCUT2D eigenvalue weighted by Crippen LogP contribution is 2.44. The molecule has 2 aromatic rings. The van der Waals surface area contributed by atoms with Gasteiger partial charge >= 0.3 is 6.18 Å². The van der Waals surface area contributed by atoms with Crippen molar-refractivity contribution < 1.29 is 17.6 Å². The monoisotopic (exact) mass is 307 g/mol. The number of halogens is 4. The van der Waals surface area contributed by atoms with E-state index in [0.717, 1.165) is 6.20 Å². The third kappa shape index (κ3) is 2.08. The van der Waals surface area contributed by atoms with Crippen molar-refractivity contribution in [2.24, 2.45) is 0 Å². The first-order valence-corrected chi connectivity index (χ1v) is 6.46. The molecule has 0 spiro atoms. The largest absolute Gasteiger partial charge is 0.419 e. The van der Waals surface area contributed by atoms with Crippen LogP contribution in [0.1, 0.15) is 23.2 Å². The molecule has 0 bridgehead atoms. The van der Waals surface area contributed by atoms with E-state index in [0.29, 0.717) is 6.42 Å². The zero-order chi connectivity index (χ0) is 15.9. The molecule has 7 heteroatoms. The van der Waals surface area contributed by atoms with Gasteiger partial charge in [-0.25, -0.2) is 4.98 Å². The van der Waals surface area contributed by atoms with E-state index in [9.17, 15) is 17.6 Å². The number of nitrogens with zero attached hydrogens (tertiary/aromatic N) is 3. The number of hydrogen-bond acceptors (Lipinski definition) is 2. The van der Waals surface area contributed by atoms with Crippen molar-refractivity contribution in [3.63, 3.8) is 0 Å². The normalized spacial score (nSPS) is 13.8. The number of aromatic nitrogens is 2. The van der Waals surface area contributed by atoms with E-state index in [2.05, 4.69) is 4.98 Å². The third-order valence-electron chi connectivity index (χ3n) is 3.51. The highest BCUT2D eigenvalue weighted by Gasteiger charge is 2.42. The van der Waals surface area contributed by atoms with Gasteiger partial charge in [0.15, 0.2) is 0 Å². The number of rotatable bonds is 1. The van der Waals surface area contributed by atoms with E-state index in [4.69, 9.17) is 5.26 Å². The second kappa shape index (κ2) is 4.98. The van der Waals surface area contributed by atoms with Crippen molar-refractivity contribution in [3.8, 4) is 17.3 Å². The minimum absolute atomic E-state index is 0.152. The van der Waals surface area contributed by atoms with E-state index in [1.807, 2.05) is 0 Å². The van der Waals surface area contributed by atoms with Gasteiger partial charge in [0, 0.05) is 12.7 Å². The average Bonchev–Trinajstić information content (AvgIpc) is 2.82. The molecule has 1 aliphatic heterocycles. The summed E-state index contributed by atoms with van der Waals surface area (Å²) in [5.41, 5.74) is -2.04. The summed E-state index contributed by atoms with van der Waals surface area (Å²) in [6.07, 6.45) is 0.0750. The highest BCUT2D eigenvalue weighted by molar-refractivity contribution is 5.75. The van der Waals surface area contributed by atoms with Gasteiger partial charge < -0.3 is 4.57 Å². The molecule has 0 saturated carbocycles. The Kier molecular flexibility index (Phi) is 3.24. The molecule has 22 heavy (non-hydrogen) atoms. The topological polar surface area (TPSA) is 41.6 Å². The number of pyridine rings is 1. The molecular formula is C15H9F4N3. The summed E-state index contributed by atoms with van der Waals surface area (Å²) in [7, 11) is 0. The molecule has 3 nitrogen and oxygen atoms in total. The fraction of sp³-hybridized carbons (Fsp3) is 0.200. The molecule has 2 aromatic heterocycles. The van der Waals surface area contributed by atoms with Crippen LogP contribution in [0.2, 0.25) is 0 Å². The maximum atomic E-state index is 13.9. The van der Waals surface area contributed by atoms with E-state index >= 15 is 0 Å². The summed E-state index contributed by atoms with van der Waals surface area (Å²) in [5.74, 6) is -0.993. The van der Waals surface area contributed by atoms with Crippen LogP contribution in [-0.4, -0.2) is 9.55 Å². The van der Waals surface area contributed by atoms with Crippen LogP contribution in [0, 0.1) is 17.3 Å². The average molecular weight is 307 g/mol. The lowest BCUT2D eigenvalue weighted by Crippen LogP contribution is -2.10. The predicted octanol–water partition coefficient (Wildman–Crippen LogP) is 4.00. The smallest absolute Gasteiger partial charge is 0.339 e. The van der Waals surface area contributed by atoms with Gasteiger partial charge in [0.25, 0.3) is 0 Å². The first kappa shape index (κ1) is 14.3. The minimum atomic E-state index is -4.76.